The minimum absolute atomic E-state index is 0.149. The number of rotatable bonds is 1. The summed E-state index contributed by atoms with van der Waals surface area (Å²) in [7, 11) is 0. The van der Waals surface area contributed by atoms with Gasteiger partial charge in [0.15, 0.2) is 0 Å². The number of benzene rings is 1. The first-order valence-corrected chi connectivity index (χ1v) is 5.10. The summed E-state index contributed by atoms with van der Waals surface area (Å²) in [6.45, 7) is 1.46. The summed E-state index contributed by atoms with van der Waals surface area (Å²) in [5.74, 6) is -0.149. The summed E-state index contributed by atoms with van der Waals surface area (Å²) in [4.78, 5) is 11.0. The highest BCUT2D eigenvalue weighted by Gasteiger charge is 2.14. The third-order valence-corrected chi connectivity index (χ3v) is 3.02. The molecule has 0 heterocycles. The van der Waals surface area contributed by atoms with E-state index in [9.17, 15) is 4.79 Å². The molecule has 14 heavy (non-hydrogen) atoms. The third-order valence-electron chi connectivity index (χ3n) is 2.59. The second-order valence-electron chi connectivity index (χ2n) is 3.61. The van der Waals surface area contributed by atoms with Crippen molar-refractivity contribution in [2.45, 2.75) is 26.2 Å². The van der Waals surface area contributed by atoms with Gasteiger partial charge in [-0.1, -0.05) is 6.07 Å². The smallest absolute Gasteiger partial charge is 0.238 e. The molecule has 0 saturated carbocycles. The Morgan fingerprint density at radius 3 is 2.79 bits per heavy atom. The number of amides is 1. The summed E-state index contributed by atoms with van der Waals surface area (Å²) in [6, 6.07) is 5.98. The molecule has 0 saturated heterocycles. The average molecular weight is 210 g/mol. The van der Waals surface area contributed by atoms with Crippen LogP contribution in [0.15, 0.2) is 18.2 Å². The second kappa shape index (κ2) is 3.62. The van der Waals surface area contributed by atoms with E-state index in [4.69, 9.17) is 11.8 Å². The van der Waals surface area contributed by atoms with E-state index in [0.29, 0.717) is 0 Å². The van der Waals surface area contributed by atoms with Crippen LogP contribution in [0.5, 0.6) is 0 Å². The number of hydrogen-bond acceptors (Lipinski definition) is 1. The number of aryl methyl sites for hydroxylation is 2. The van der Waals surface area contributed by atoms with E-state index in [0.717, 1.165) is 18.5 Å². The highest BCUT2D eigenvalue weighted by atomic mass is 35.5. The number of hydrogen-bond donors (Lipinski definition) is 0. The Kier molecular flexibility index (Phi) is 2.46. The van der Waals surface area contributed by atoms with E-state index in [-0.39, 0.29) is 5.91 Å². The zero-order chi connectivity index (χ0) is 10.1. The minimum Gasteiger partial charge on any atom is -0.274 e. The molecule has 0 aromatic heterocycles. The number of carbonyl (C=O) groups is 1. The molecule has 0 radical (unpaired) electrons. The van der Waals surface area contributed by atoms with Crippen molar-refractivity contribution in [3.8, 4) is 0 Å². The van der Waals surface area contributed by atoms with Gasteiger partial charge in [-0.05, 0) is 42.5 Å². The predicted molar refractivity (Wildman–Crippen MR) is 57.5 cm³/mol. The second-order valence-corrected chi connectivity index (χ2v) is 3.94. The summed E-state index contributed by atoms with van der Waals surface area (Å²) in [6.07, 6.45) is 3.46. The van der Waals surface area contributed by atoms with Crippen molar-refractivity contribution in [3.05, 3.63) is 29.3 Å². The Morgan fingerprint density at radius 2 is 2.07 bits per heavy atom. The first kappa shape index (κ1) is 9.53. The first-order valence-electron chi connectivity index (χ1n) is 4.77. The molecule has 74 valence electrons. The van der Waals surface area contributed by atoms with Gasteiger partial charge in [-0.25, -0.2) is 4.42 Å². The van der Waals surface area contributed by atoms with Crippen molar-refractivity contribution in [2.24, 2.45) is 0 Å². The lowest BCUT2D eigenvalue weighted by molar-refractivity contribution is -0.115. The monoisotopic (exact) mass is 209 g/mol. The van der Waals surface area contributed by atoms with Crippen molar-refractivity contribution in [1.29, 1.82) is 0 Å². The molecule has 2 nitrogen and oxygen atoms in total. The molecule has 1 amide bonds. The van der Waals surface area contributed by atoms with Crippen LogP contribution in [-0.2, 0) is 17.6 Å². The van der Waals surface area contributed by atoms with Crippen molar-refractivity contribution >= 4 is 23.4 Å². The zero-order valence-electron chi connectivity index (χ0n) is 8.09. The molecular weight excluding hydrogens is 198 g/mol. The van der Waals surface area contributed by atoms with Gasteiger partial charge in [0.25, 0.3) is 0 Å². The van der Waals surface area contributed by atoms with E-state index >= 15 is 0 Å². The quantitative estimate of drug-likeness (QED) is 0.652. The van der Waals surface area contributed by atoms with Crippen LogP contribution in [-0.4, -0.2) is 5.91 Å². The Hall–Kier alpha value is -1.02. The largest absolute Gasteiger partial charge is 0.274 e. The normalized spacial score (nSPS) is 13.9. The highest BCUT2D eigenvalue weighted by Crippen LogP contribution is 2.27. The van der Waals surface area contributed by atoms with Crippen molar-refractivity contribution in [1.82, 2.24) is 0 Å². The number of carbonyl (C=O) groups excluding carboxylic acids is 1. The van der Waals surface area contributed by atoms with E-state index in [1.54, 1.807) is 0 Å². The standard InChI is InChI=1S/C11H12ClNO/c1-8(14)13(12)11-6-5-9-3-2-4-10(9)7-11/h5-7H,2-4H2,1H3. The molecule has 1 aliphatic carbocycles. The van der Waals surface area contributed by atoms with E-state index in [1.165, 1.54) is 28.9 Å². The predicted octanol–water partition coefficient (Wildman–Crippen LogP) is 2.68. The van der Waals surface area contributed by atoms with Gasteiger partial charge in [0.1, 0.15) is 0 Å². The van der Waals surface area contributed by atoms with Gasteiger partial charge in [-0.3, -0.25) is 4.79 Å². The number of nitrogens with zero attached hydrogens (tertiary/aromatic N) is 1. The average Bonchev–Trinajstić information content (AvgIpc) is 2.62. The lowest BCUT2D eigenvalue weighted by atomic mass is 10.1. The molecule has 0 spiro atoms. The van der Waals surface area contributed by atoms with Crippen LogP contribution in [0.3, 0.4) is 0 Å². The fraction of sp³-hybridized carbons (Fsp3) is 0.364. The van der Waals surface area contributed by atoms with Crippen LogP contribution in [0.1, 0.15) is 24.5 Å². The number of anilines is 1. The maximum Gasteiger partial charge on any atom is 0.238 e. The van der Waals surface area contributed by atoms with E-state index < -0.39 is 0 Å². The maximum atomic E-state index is 11.0. The number of halogens is 1. The van der Waals surface area contributed by atoms with Crippen molar-refractivity contribution in [2.75, 3.05) is 4.42 Å². The van der Waals surface area contributed by atoms with Gasteiger partial charge >= 0.3 is 0 Å². The molecule has 0 atom stereocenters. The first-order chi connectivity index (χ1) is 6.68. The summed E-state index contributed by atoms with van der Waals surface area (Å²) in [5.41, 5.74) is 3.50. The van der Waals surface area contributed by atoms with Gasteiger partial charge in [0, 0.05) is 18.7 Å². The summed E-state index contributed by atoms with van der Waals surface area (Å²) < 4.78 is 1.17. The lowest BCUT2D eigenvalue weighted by Gasteiger charge is -2.12. The van der Waals surface area contributed by atoms with Crippen LogP contribution in [0.2, 0.25) is 0 Å². The maximum absolute atomic E-state index is 11.0. The van der Waals surface area contributed by atoms with Crippen LogP contribution in [0.4, 0.5) is 5.69 Å². The van der Waals surface area contributed by atoms with Gasteiger partial charge in [-0.2, -0.15) is 0 Å². The van der Waals surface area contributed by atoms with Crippen molar-refractivity contribution in [3.63, 3.8) is 0 Å². The van der Waals surface area contributed by atoms with Crippen LogP contribution in [0, 0.1) is 0 Å². The van der Waals surface area contributed by atoms with Gasteiger partial charge < -0.3 is 0 Å². The Balaban J connectivity index is 2.33. The lowest BCUT2D eigenvalue weighted by Crippen LogP contribution is -2.16. The zero-order valence-corrected chi connectivity index (χ0v) is 8.84. The van der Waals surface area contributed by atoms with Gasteiger partial charge in [-0.15, -0.1) is 0 Å². The van der Waals surface area contributed by atoms with Crippen molar-refractivity contribution < 1.29 is 4.79 Å². The fourth-order valence-corrected chi connectivity index (χ4v) is 1.97. The van der Waals surface area contributed by atoms with E-state index in [2.05, 4.69) is 6.07 Å². The SMILES string of the molecule is CC(=O)N(Cl)c1ccc2c(c1)CCC2. The van der Waals surface area contributed by atoms with Crippen LogP contribution in [0.25, 0.3) is 0 Å². The molecule has 0 aliphatic heterocycles. The van der Waals surface area contributed by atoms with E-state index in [1.807, 2.05) is 12.1 Å². The number of fused-ring (bicyclic) bond motifs is 1. The molecule has 1 aliphatic rings. The van der Waals surface area contributed by atoms with Crippen LogP contribution >= 0.6 is 11.8 Å². The molecule has 3 heteroatoms. The highest BCUT2D eigenvalue weighted by molar-refractivity contribution is 6.36. The molecule has 0 N–H and O–H groups in total. The molecule has 0 bridgehead atoms. The van der Waals surface area contributed by atoms with Gasteiger partial charge in [0.05, 0.1) is 5.69 Å². The molecule has 0 fully saturated rings. The Bertz CT molecular complexity index is 376. The molecule has 1 aromatic rings. The summed E-state index contributed by atoms with van der Waals surface area (Å²) >= 11 is 5.83. The third kappa shape index (κ3) is 1.62. The Morgan fingerprint density at radius 1 is 1.36 bits per heavy atom. The fourth-order valence-electron chi connectivity index (χ4n) is 1.86. The topological polar surface area (TPSA) is 20.3 Å². The molecule has 1 aromatic carbocycles. The van der Waals surface area contributed by atoms with Gasteiger partial charge in [0.2, 0.25) is 5.91 Å². The molecular formula is C11H12ClNO. The minimum atomic E-state index is -0.149. The Labute approximate surface area is 88.6 Å². The molecule has 2 rings (SSSR count). The molecule has 0 unspecified atom stereocenters. The van der Waals surface area contributed by atoms with Crippen LogP contribution < -0.4 is 4.42 Å². The summed E-state index contributed by atoms with van der Waals surface area (Å²) in [5, 5.41) is 0.